The normalized spacial score (nSPS) is 22.8. The van der Waals surface area contributed by atoms with Gasteiger partial charge in [0, 0.05) is 6.54 Å². The minimum absolute atomic E-state index is 0.374. The first-order valence-electron chi connectivity index (χ1n) is 4.36. The van der Waals surface area contributed by atoms with Crippen molar-refractivity contribution in [3.63, 3.8) is 0 Å². The lowest BCUT2D eigenvalue weighted by Gasteiger charge is -2.07. The molecule has 1 fully saturated rings. The number of phenols is 1. The van der Waals surface area contributed by atoms with Gasteiger partial charge in [-0.2, -0.15) is 0 Å². The summed E-state index contributed by atoms with van der Waals surface area (Å²) < 4.78 is 0. The maximum Gasteiger partial charge on any atom is 0.115 e. The van der Waals surface area contributed by atoms with E-state index in [1.165, 1.54) is 12.0 Å². The molecule has 0 aromatic heterocycles. The molecule has 1 aliphatic rings. The lowest BCUT2D eigenvalue weighted by atomic mass is 9.98. The molecule has 0 amide bonds. The maximum atomic E-state index is 9.25. The Labute approximate surface area is 72.2 Å². The lowest BCUT2D eigenvalue weighted by Crippen LogP contribution is -2.07. The summed E-state index contributed by atoms with van der Waals surface area (Å²) in [4.78, 5) is 0. The minimum atomic E-state index is 0.374. The van der Waals surface area contributed by atoms with Gasteiger partial charge in [-0.1, -0.05) is 12.1 Å². The van der Waals surface area contributed by atoms with Crippen LogP contribution in [0.1, 0.15) is 17.9 Å². The first kappa shape index (κ1) is 7.62. The number of nitrogens with one attached hydrogen (secondary N) is 1. The van der Waals surface area contributed by atoms with Crippen LogP contribution in [-0.4, -0.2) is 18.2 Å². The van der Waals surface area contributed by atoms with Gasteiger partial charge < -0.3 is 10.4 Å². The van der Waals surface area contributed by atoms with E-state index in [4.69, 9.17) is 0 Å². The third kappa shape index (κ3) is 1.43. The first-order valence-corrected chi connectivity index (χ1v) is 4.36. The summed E-state index contributed by atoms with van der Waals surface area (Å²) in [5.74, 6) is 0.969. The number of aromatic hydroxyl groups is 1. The van der Waals surface area contributed by atoms with Crippen molar-refractivity contribution in [1.29, 1.82) is 0 Å². The van der Waals surface area contributed by atoms with Crippen LogP contribution in [0.4, 0.5) is 0 Å². The molecule has 0 aliphatic carbocycles. The van der Waals surface area contributed by atoms with E-state index < -0.39 is 0 Å². The summed E-state index contributed by atoms with van der Waals surface area (Å²) in [6.07, 6.45) is 1.18. The SMILES string of the molecule is Oc1cccc([C@H]2CCNC2)c1. The summed E-state index contributed by atoms with van der Waals surface area (Å²) in [7, 11) is 0. The van der Waals surface area contributed by atoms with Crippen LogP contribution in [-0.2, 0) is 0 Å². The number of hydrogen-bond donors (Lipinski definition) is 2. The average Bonchev–Trinajstić information content (AvgIpc) is 2.56. The van der Waals surface area contributed by atoms with E-state index in [0.717, 1.165) is 13.1 Å². The van der Waals surface area contributed by atoms with Crippen LogP contribution in [0.25, 0.3) is 0 Å². The highest BCUT2D eigenvalue weighted by molar-refractivity contribution is 5.30. The van der Waals surface area contributed by atoms with Crippen LogP contribution in [0.3, 0.4) is 0 Å². The average molecular weight is 163 g/mol. The molecule has 1 aromatic rings. The van der Waals surface area contributed by atoms with E-state index in [1.807, 2.05) is 12.1 Å². The van der Waals surface area contributed by atoms with Gasteiger partial charge in [-0.25, -0.2) is 0 Å². The van der Waals surface area contributed by atoms with E-state index in [2.05, 4.69) is 11.4 Å². The molecule has 0 spiro atoms. The fourth-order valence-electron chi connectivity index (χ4n) is 1.72. The van der Waals surface area contributed by atoms with Gasteiger partial charge in [0.25, 0.3) is 0 Å². The smallest absolute Gasteiger partial charge is 0.115 e. The molecular formula is C10H13NO. The molecule has 1 saturated heterocycles. The zero-order chi connectivity index (χ0) is 8.39. The van der Waals surface area contributed by atoms with Gasteiger partial charge in [-0.05, 0) is 36.6 Å². The van der Waals surface area contributed by atoms with Gasteiger partial charge in [0.05, 0.1) is 0 Å². The molecule has 0 bridgehead atoms. The Hall–Kier alpha value is -1.02. The number of benzene rings is 1. The first-order chi connectivity index (χ1) is 5.86. The standard InChI is InChI=1S/C10H13NO/c12-10-3-1-2-8(6-10)9-4-5-11-7-9/h1-3,6,9,11-12H,4-5,7H2/t9-/m0/s1. The van der Waals surface area contributed by atoms with Gasteiger partial charge in [0.1, 0.15) is 5.75 Å². The Morgan fingerprint density at radius 1 is 1.42 bits per heavy atom. The number of phenolic OH excluding ortho intramolecular Hbond substituents is 1. The summed E-state index contributed by atoms with van der Waals surface area (Å²) in [6.45, 7) is 2.14. The molecule has 0 saturated carbocycles. The molecule has 0 radical (unpaired) electrons. The third-order valence-electron chi connectivity index (χ3n) is 2.40. The van der Waals surface area contributed by atoms with Crippen LogP contribution in [0.2, 0.25) is 0 Å². The Morgan fingerprint density at radius 3 is 3.00 bits per heavy atom. The van der Waals surface area contributed by atoms with E-state index >= 15 is 0 Å². The van der Waals surface area contributed by atoms with Gasteiger partial charge >= 0.3 is 0 Å². The van der Waals surface area contributed by atoms with Crippen molar-refractivity contribution in [2.75, 3.05) is 13.1 Å². The Kier molecular flexibility index (Phi) is 2.00. The van der Waals surface area contributed by atoms with Crippen molar-refractivity contribution in [2.45, 2.75) is 12.3 Å². The van der Waals surface area contributed by atoms with Crippen LogP contribution in [0.5, 0.6) is 5.75 Å². The summed E-state index contributed by atoms with van der Waals surface area (Å²) in [5.41, 5.74) is 1.25. The van der Waals surface area contributed by atoms with Crippen LogP contribution < -0.4 is 5.32 Å². The van der Waals surface area contributed by atoms with Crippen molar-refractivity contribution in [3.8, 4) is 5.75 Å². The second-order valence-electron chi connectivity index (χ2n) is 3.28. The predicted molar refractivity (Wildman–Crippen MR) is 48.3 cm³/mol. The van der Waals surface area contributed by atoms with Crippen molar-refractivity contribution < 1.29 is 5.11 Å². The molecule has 1 heterocycles. The second-order valence-corrected chi connectivity index (χ2v) is 3.28. The molecule has 1 aliphatic heterocycles. The van der Waals surface area contributed by atoms with E-state index in [1.54, 1.807) is 6.07 Å². The molecule has 2 N–H and O–H groups in total. The van der Waals surface area contributed by atoms with E-state index in [9.17, 15) is 5.11 Å². The van der Waals surface area contributed by atoms with Crippen molar-refractivity contribution in [3.05, 3.63) is 29.8 Å². The Bertz CT molecular complexity index is 266. The molecule has 1 atom stereocenters. The summed E-state index contributed by atoms with van der Waals surface area (Å²) in [6, 6.07) is 7.56. The van der Waals surface area contributed by atoms with E-state index in [-0.39, 0.29) is 0 Å². The highest BCUT2D eigenvalue weighted by Crippen LogP contribution is 2.24. The van der Waals surface area contributed by atoms with Gasteiger partial charge in [0.2, 0.25) is 0 Å². The van der Waals surface area contributed by atoms with E-state index in [0.29, 0.717) is 11.7 Å². The fraction of sp³-hybridized carbons (Fsp3) is 0.400. The molecule has 2 rings (SSSR count). The molecular weight excluding hydrogens is 150 g/mol. The molecule has 64 valence electrons. The maximum absolute atomic E-state index is 9.25. The van der Waals surface area contributed by atoms with Crippen molar-refractivity contribution in [2.24, 2.45) is 0 Å². The van der Waals surface area contributed by atoms with Gasteiger partial charge in [-0.3, -0.25) is 0 Å². The zero-order valence-corrected chi connectivity index (χ0v) is 6.96. The molecule has 2 heteroatoms. The minimum Gasteiger partial charge on any atom is -0.508 e. The highest BCUT2D eigenvalue weighted by Gasteiger charge is 2.16. The molecule has 1 aromatic carbocycles. The largest absolute Gasteiger partial charge is 0.508 e. The Balaban J connectivity index is 2.21. The van der Waals surface area contributed by atoms with Gasteiger partial charge in [-0.15, -0.1) is 0 Å². The number of rotatable bonds is 1. The van der Waals surface area contributed by atoms with Crippen LogP contribution >= 0.6 is 0 Å². The molecule has 0 unspecified atom stereocenters. The molecule has 12 heavy (non-hydrogen) atoms. The topological polar surface area (TPSA) is 32.3 Å². The quantitative estimate of drug-likeness (QED) is 0.657. The Morgan fingerprint density at radius 2 is 2.33 bits per heavy atom. The van der Waals surface area contributed by atoms with Crippen LogP contribution in [0.15, 0.2) is 24.3 Å². The fourth-order valence-corrected chi connectivity index (χ4v) is 1.72. The second kappa shape index (κ2) is 3.15. The predicted octanol–water partition coefficient (Wildman–Crippen LogP) is 1.47. The summed E-state index contributed by atoms with van der Waals surface area (Å²) >= 11 is 0. The number of hydrogen-bond acceptors (Lipinski definition) is 2. The van der Waals surface area contributed by atoms with Gasteiger partial charge in [0.15, 0.2) is 0 Å². The van der Waals surface area contributed by atoms with Crippen LogP contribution in [0, 0.1) is 0 Å². The lowest BCUT2D eigenvalue weighted by molar-refractivity contribution is 0.474. The summed E-state index contributed by atoms with van der Waals surface area (Å²) in [5, 5.41) is 12.6. The monoisotopic (exact) mass is 163 g/mol. The van der Waals surface area contributed by atoms with Crippen molar-refractivity contribution in [1.82, 2.24) is 5.32 Å². The zero-order valence-electron chi connectivity index (χ0n) is 6.96. The highest BCUT2D eigenvalue weighted by atomic mass is 16.3. The third-order valence-corrected chi connectivity index (χ3v) is 2.40. The van der Waals surface area contributed by atoms with Crippen molar-refractivity contribution >= 4 is 0 Å². The molecule has 2 nitrogen and oxygen atoms in total.